The van der Waals surface area contributed by atoms with E-state index in [0.29, 0.717) is 12.5 Å². The normalized spacial score (nSPS) is 29.5. The molecule has 1 amide bonds. The molecule has 0 aromatic carbocycles. The smallest absolute Gasteiger partial charge is 0.279 e. The number of carbonyl (C=O) groups excluding carboxylic acids is 1. The number of hydrogen-bond donors (Lipinski definition) is 4. The molecule has 1 aliphatic heterocycles. The minimum atomic E-state index is -0.724. The molecule has 2 fully saturated rings. The summed E-state index contributed by atoms with van der Waals surface area (Å²) >= 11 is 0. The summed E-state index contributed by atoms with van der Waals surface area (Å²) in [6, 6.07) is -0.0382. The first kappa shape index (κ1) is 11.8. The van der Waals surface area contributed by atoms with Gasteiger partial charge in [0, 0.05) is 13.1 Å². The van der Waals surface area contributed by atoms with Crippen molar-refractivity contribution >= 4 is 5.91 Å². The van der Waals surface area contributed by atoms with Gasteiger partial charge >= 0.3 is 0 Å². The molecular weight excluding hydrogens is 206 g/mol. The van der Waals surface area contributed by atoms with Gasteiger partial charge in [0.2, 0.25) is 0 Å². The fourth-order valence-electron chi connectivity index (χ4n) is 2.17. The summed E-state index contributed by atoms with van der Waals surface area (Å²) in [4.78, 5) is 11.8. The van der Waals surface area contributed by atoms with Crippen LogP contribution in [0.1, 0.15) is 19.8 Å². The summed E-state index contributed by atoms with van der Waals surface area (Å²) in [5.74, 6) is 0.411. The number of carbonyl (C=O) groups is 1. The van der Waals surface area contributed by atoms with Crippen LogP contribution in [0.4, 0.5) is 0 Å². The Bertz CT molecular complexity index is 258. The second-order valence-electron chi connectivity index (χ2n) is 5.18. The third-order valence-corrected chi connectivity index (χ3v) is 3.55. The Morgan fingerprint density at radius 3 is 2.94 bits per heavy atom. The van der Waals surface area contributed by atoms with Gasteiger partial charge in [-0.15, -0.1) is 0 Å². The van der Waals surface area contributed by atoms with Gasteiger partial charge in [-0.25, -0.2) is 0 Å². The van der Waals surface area contributed by atoms with Gasteiger partial charge in [0.25, 0.3) is 5.91 Å². The zero-order valence-electron chi connectivity index (χ0n) is 9.83. The Balaban J connectivity index is 1.74. The van der Waals surface area contributed by atoms with Crippen LogP contribution in [-0.4, -0.2) is 48.8 Å². The van der Waals surface area contributed by atoms with Gasteiger partial charge in [0.1, 0.15) is 0 Å². The van der Waals surface area contributed by atoms with Crippen LogP contribution in [0.15, 0.2) is 0 Å². The van der Waals surface area contributed by atoms with E-state index in [2.05, 4.69) is 16.0 Å². The number of nitrogens with one attached hydrogen (secondary N) is 2. The second kappa shape index (κ2) is 4.69. The lowest BCUT2D eigenvalue weighted by Crippen LogP contribution is -2.97. The monoisotopic (exact) mass is 228 g/mol. The van der Waals surface area contributed by atoms with Crippen molar-refractivity contribution in [3.05, 3.63) is 0 Å². The van der Waals surface area contributed by atoms with Crippen molar-refractivity contribution in [2.45, 2.75) is 31.4 Å². The molecule has 5 nitrogen and oxygen atoms in total. The summed E-state index contributed by atoms with van der Waals surface area (Å²) in [6.45, 7) is 4.81. The van der Waals surface area contributed by atoms with Crippen molar-refractivity contribution in [2.24, 2.45) is 5.92 Å². The van der Waals surface area contributed by atoms with Gasteiger partial charge in [-0.2, -0.15) is 0 Å². The summed E-state index contributed by atoms with van der Waals surface area (Å²) in [7, 11) is 0. The van der Waals surface area contributed by atoms with E-state index in [-0.39, 0.29) is 11.9 Å². The highest BCUT2D eigenvalue weighted by molar-refractivity contribution is 5.80. The van der Waals surface area contributed by atoms with E-state index < -0.39 is 5.60 Å². The van der Waals surface area contributed by atoms with Gasteiger partial charge in [0.15, 0.2) is 6.04 Å². The number of aliphatic hydroxyl groups is 1. The molecule has 0 aromatic heterocycles. The third kappa shape index (κ3) is 2.93. The molecule has 1 aliphatic carbocycles. The van der Waals surface area contributed by atoms with Crippen molar-refractivity contribution in [3.63, 3.8) is 0 Å². The lowest BCUT2D eigenvalue weighted by atomic mass is 10.0. The van der Waals surface area contributed by atoms with Crippen molar-refractivity contribution in [2.75, 3.05) is 26.2 Å². The first-order valence-electron chi connectivity index (χ1n) is 6.14. The van der Waals surface area contributed by atoms with Crippen molar-refractivity contribution < 1.29 is 15.2 Å². The second-order valence-corrected chi connectivity index (χ2v) is 5.18. The number of amides is 1. The van der Waals surface area contributed by atoms with E-state index in [9.17, 15) is 9.90 Å². The van der Waals surface area contributed by atoms with Crippen molar-refractivity contribution in [1.82, 2.24) is 10.6 Å². The summed E-state index contributed by atoms with van der Waals surface area (Å²) < 4.78 is 0. The van der Waals surface area contributed by atoms with Crippen LogP contribution in [0, 0.1) is 5.92 Å². The number of nitrogens with two attached hydrogens (primary N) is 1. The van der Waals surface area contributed by atoms with Crippen LogP contribution in [0.3, 0.4) is 0 Å². The highest BCUT2D eigenvalue weighted by Crippen LogP contribution is 2.38. The molecule has 1 unspecified atom stereocenters. The molecule has 5 heteroatoms. The number of rotatable bonds is 4. The highest BCUT2D eigenvalue weighted by atomic mass is 16.3. The van der Waals surface area contributed by atoms with Gasteiger partial charge in [-0.1, -0.05) is 0 Å². The standard InChI is InChI=1S/C11H21N3O2/c1-11(16,8-2-3-8)7-14-10(15)9-6-12-4-5-13-9/h8-9,12-13,16H,2-7H2,1H3,(H,14,15)/p+1/t9?,11-/m1/s1. The van der Waals surface area contributed by atoms with E-state index >= 15 is 0 Å². The Kier molecular flexibility index (Phi) is 3.47. The van der Waals surface area contributed by atoms with E-state index in [0.717, 1.165) is 32.5 Å². The third-order valence-electron chi connectivity index (χ3n) is 3.55. The predicted molar refractivity (Wildman–Crippen MR) is 59.8 cm³/mol. The number of hydrogen-bond acceptors (Lipinski definition) is 3. The lowest BCUT2D eigenvalue weighted by Gasteiger charge is -2.25. The van der Waals surface area contributed by atoms with Crippen molar-refractivity contribution in [1.29, 1.82) is 0 Å². The fourth-order valence-corrected chi connectivity index (χ4v) is 2.17. The highest BCUT2D eigenvalue weighted by Gasteiger charge is 2.40. The molecule has 5 N–H and O–H groups in total. The van der Waals surface area contributed by atoms with Gasteiger partial charge in [-0.3, -0.25) is 4.79 Å². The minimum absolute atomic E-state index is 0.0353. The molecule has 92 valence electrons. The average molecular weight is 228 g/mol. The minimum Gasteiger partial charge on any atom is -0.388 e. The Morgan fingerprint density at radius 2 is 2.38 bits per heavy atom. The molecule has 0 spiro atoms. The topological polar surface area (TPSA) is 78.0 Å². The fraction of sp³-hybridized carbons (Fsp3) is 0.909. The van der Waals surface area contributed by atoms with Crippen LogP contribution < -0.4 is 16.0 Å². The molecule has 0 bridgehead atoms. The molecular formula is C11H22N3O2+. The number of quaternary nitrogens is 1. The van der Waals surface area contributed by atoms with E-state index in [4.69, 9.17) is 0 Å². The SMILES string of the molecule is C[C@@](O)(CNC(=O)C1CNCC[NH2+]1)C1CC1. The zero-order chi connectivity index (χ0) is 11.6. The van der Waals surface area contributed by atoms with Gasteiger partial charge < -0.3 is 21.1 Å². The molecule has 1 saturated heterocycles. The van der Waals surface area contributed by atoms with E-state index in [1.165, 1.54) is 0 Å². The molecule has 0 aromatic rings. The Morgan fingerprint density at radius 1 is 1.62 bits per heavy atom. The van der Waals surface area contributed by atoms with Crippen LogP contribution >= 0.6 is 0 Å². The molecule has 1 saturated carbocycles. The molecule has 2 rings (SSSR count). The van der Waals surface area contributed by atoms with Gasteiger partial charge in [-0.05, 0) is 25.7 Å². The van der Waals surface area contributed by atoms with Gasteiger partial charge in [0.05, 0.1) is 18.7 Å². The van der Waals surface area contributed by atoms with E-state index in [1.54, 1.807) is 0 Å². The zero-order valence-corrected chi connectivity index (χ0v) is 9.83. The predicted octanol–water partition coefficient (Wildman–Crippen LogP) is -2.20. The van der Waals surface area contributed by atoms with Crippen LogP contribution in [-0.2, 0) is 4.79 Å². The summed E-state index contributed by atoms with van der Waals surface area (Å²) in [6.07, 6.45) is 2.17. The number of piperazine rings is 1. The molecule has 16 heavy (non-hydrogen) atoms. The Hall–Kier alpha value is -0.650. The van der Waals surface area contributed by atoms with Crippen LogP contribution in [0.25, 0.3) is 0 Å². The summed E-state index contributed by atoms with van der Waals surface area (Å²) in [5, 5.41) is 18.2. The molecule has 2 atom stereocenters. The van der Waals surface area contributed by atoms with Crippen LogP contribution in [0.2, 0.25) is 0 Å². The molecule has 2 aliphatic rings. The lowest BCUT2D eigenvalue weighted by molar-refractivity contribution is -0.680. The largest absolute Gasteiger partial charge is 0.388 e. The molecule has 0 radical (unpaired) electrons. The first-order chi connectivity index (χ1) is 7.59. The summed E-state index contributed by atoms with van der Waals surface area (Å²) in [5.41, 5.74) is -0.724. The van der Waals surface area contributed by atoms with Crippen molar-refractivity contribution in [3.8, 4) is 0 Å². The maximum absolute atomic E-state index is 11.8. The average Bonchev–Trinajstić information content (AvgIpc) is 3.11. The maximum atomic E-state index is 11.8. The van der Waals surface area contributed by atoms with Crippen LogP contribution in [0.5, 0.6) is 0 Å². The van der Waals surface area contributed by atoms with E-state index in [1.807, 2.05) is 6.92 Å². The molecule has 1 heterocycles. The first-order valence-corrected chi connectivity index (χ1v) is 6.14. The quantitative estimate of drug-likeness (QED) is 0.441. The maximum Gasteiger partial charge on any atom is 0.279 e. The Labute approximate surface area is 96.0 Å².